The van der Waals surface area contributed by atoms with Crippen LogP contribution >= 0.6 is 0 Å². The second-order valence-electron chi connectivity index (χ2n) is 4.96. The van der Waals surface area contributed by atoms with Crippen molar-refractivity contribution in [2.24, 2.45) is 5.41 Å². The number of hydrogen-bond donors (Lipinski definition) is 1. The Morgan fingerprint density at radius 1 is 1.44 bits per heavy atom. The highest BCUT2D eigenvalue weighted by Crippen LogP contribution is 2.42. The Hall–Kier alpha value is -0.770. The molecule has 1 aliphatic rings. The molecule has 2 unspecified atom stereocenters. The maximum atomic E-state index is 11.9. The number of hydrogen-bond acceptors (Lipinski definition) is 2. The fraction of sp³-hybridized carbons (Fsp3) is 0.917. The van der Waals surface area contributed by atoms with Gasteiger partial charge in [-0.15, -0.1) is 0 Å². The molecule has 94 valence electrons. The van der Waals surface area contributed by atoms with Gasteiger partial charge in [-0.3, -0.25) is 0 Å². The van der Waals surface area contributed by atoms with Crippen LogP contribution in [0.2, 0.25) is 0 Å². The zero-order valence-electron chi connectivity index (χ0n) is 11.0. The van der Waals surface area contributed by atoms with Gasteiger partial charge in [0.2, 0.25) is 0 Å². The minimum absolute atomic E-state index is 0.0392. The van der Waals surface area contributed by atoms with Crippen LogP contribution in [-0.4, -0.2) is 43.3 Å². The van der Waals surface area contributed by atoms with E-state index in [1.165, 1.54) is 0 Å². The molecule has 1 aliphatic carbocycles. The summed E-state index contributed by atoms with van der Waals surface area (Å²) in [6, 6.07) is 0.267. The van der Waals surface area contributed by atoms with Crippen LogP contribution in [-0.2, 0) is 4.74 Å². The number of nitrogens with one attached hydrogen (secondary N) is 1. The predicted molar refractivity (Wildman–Crippen MR) is 64.4 cm³/mol. The van der Waals surface area contributed by atoms with Crippen LogP contribution in [0.25, 0.3) is 0 Å². The molecule has 1 rings (SSSR count). The van der Waals surface area contributed by atoms with Crippen LogP contribution in [0, 0.1) is 5.41 Å². The Morgan fingerprint density at radius 3 is 2.38 bits per heavy atom. The second kappa shape index (κ2) is 5.04. The van der Waals surface area contributed by atoms with Crippen LogP contribution in [0.5, 0.6) is 0 Å². The number of amides is 2. The van der Waals surface area contributed by atoms with Crippen LogP contribution < -0.4 is 5.32 Å². The Bertz CT molecular complexity index is 249. The van der Waals surface area contributed by atoms with Crippen molar-refractivity contribution in [1.29, 1.82) is 0 Å². The molecule has 0 aromatic carbocycles. The molecule has 0 bridgehead atoms. The van der Waals surface area contributed by atoms with Crippen molar-refractivity contribution >= 4 is 6.03 Å². The van der Waals surface area contributed by atoms with Gasteiger partial charge in [-0.05, 0) is 20.3 Å². The number of methoxy groups -OCH3 is 1. The third kappa shape index (κ3) is 2.32. The monoisotopic (exact) mass is 228 g/mol. The van der Waals surface area contributed by atoms with Gasteiger partial charge < -0.3 is 15.0 Å². The first-order valence-electron chi connectivity index (χ1n) is 6.05. The van der Waals surface area contributed by atoms with Crippen molar-refractivity contribution in [2.75, 3.05) is 20.2 Å². The van der Waals surface area contributed by atoms with E-state index in [1.54, 1.807) is 12.0 Å². The highest BCUT2D eigenvalue weighted by Gasteiger charge is 2.49. The Morgan fingerprint density at radius 2 is 2.00 bits per heavy atom. The Balaban J connectivity index is 2.48. The summed E-state index contributed by atoms with van der Waals surface area (Å²) in [5.74, 6) is 0. The van der Waals surface area contributed by atoms with Crippen molar-refractivity contribution in [2.45, 2.75) is 46.3 Å². The van der Waals surface area contributed by atoms with Gasteiger partial charge >= 0.3 is 6.03 Å². The third-order valence-electron chi connectivity index (χ3n) is 3.81. The van der Waals surface area contributed by atoms with Crippen molar-refractivity contribution < 1.29 is 9.53 Å². The van der Waals surface area contributed by atoms with E-state index in [2.05, 4.69) is 19.2 Å². The SMILES string of the molecule is CCN(CC)C(=O)NC1CC(OC)C1(C)C. The highest BCUT2D eigenvalue weighted by molar-refractivity contribution is 5.74. The minimum Gasteiger partial charge on any atom is -0.381 e. The molecule has 2 amide bonds. The fourth-order valence-electron chi connectivity index (χ4n) is 2.28. The largest absolute Gasteiger partial charge is 0.381 e. The Kier molecular flexibility index (Phi) is 4.19. The normalized spacial score (nSPS) is 27.1. The van der Waals surface area contributed by atoms with Crippen molar-refractivity contribution in [3.05, 3.63) is 0 Å². The molecule has 4 heteroatoms. The maximum Gasteiger partial charge on any atom is 0.317 e. The van der Waals surface area contributed by atoms with Crippen LogP contribution in [0.3, 0.4) is 0 Å². The molecule has 1 N–H and O–H groups in total. The number of rotatable bonds is 4. The van der Waals surface area contributed by atoms with E-state index >= 15 is 0 Å². The quantitative estimate of drug-likeness (QED) is 0.798. The topological polar surface area (TPSA) is 41.6 Å². The molecule has 2 atom stereocenters. The van der Waals surface area contributed by atoms with E-state index in [0.29, 0.717) is 0 Å². The van der Waals surface area contributed by atoms with Gasteiger partial charge in [0.1, 0.15) is 0 Å². The summed E-state index contributed by atoms with van der Waals surface area (Å²) < 4.78 is 5.36. The minimum atomic E-state index is 0.0392. The van der Waals surface area contributed by atoms with Crippen LogP contribution in [0.15, 0.2) is 0 Å². The standard InChI is InChI=1S/C12H24N2O2/c1-6-14(7-2)11(15)13-9-8-10(16-5)12(9,3)4/h9-10H,6-8H2,1-5H3,(H,13,15). The fourth-order valence-corrected chi connectivity index (χ4v) is 2.28. The molecule has 0 aromatic rings. The average Bonchev–Trinajstić information content (AvgIpc) is 2.25. The number of ether oxygens (including phenoxy) is 1. The van der Waals surface area contributed by atoms with Gasteiger partial charge in [0.05, 0.1) is 6.10 Å². The first-order chi connectivity index (χ1) is 7.47. The molecule has 0 spiro atoms. The van der Waals surface area contributed by atoms with Gasteiger partial charge in [-0.25, -0.2) is 4.79 Å². The summed E-state index contributed by atoms with van der Waals surface area (Å²) in [4.78, 5) is 13.7. The Labute approximate surface area is 98.3 Å². The second-order valence-corrected chi connectivity index (χ2v) is 4.96. The lowest BCUT2D eigenvalue weighted by atomic mass is 9.64. The first-order valence-corrected chi connectivity index (χ1v) is 6.05. The van der Waals surface area contributed by atoms with Crippen LogP contribution in [0.4, 0.5) is 4.79 Å². The maximum absolute atomic E-state index is 11.9. The van der Waals surface area contributed by atoms with Crippen molar-refractivity contribution in [1.82, 2.24) is 10.2 Å². The van der Waals surface area contributed by atoms with Gasteiger partial charge in [-0.1, -0.05) is 13.8 Å². The van der Waals surface area contributed by atoms with Gasteiger partial charge in [0.15, 0.2) is 0 Å². The van der Waals surface area contributed by atoms with Crippen LogP contribution in [0.1, 0.15) is 34.1 Å². The smallest absolute Gasteiger partial charge is 0.317 e. The van der Waals surface area contributed by atoms with E-state index in [-0.39, 0.29) is 23.6 Å². The molecule has 1 fully saturated rings. The molecule has 0 aliphatic heterocycles. The molecular formula is C12H24N2O2. The number of urea groups is 1. The average molecular weight is 228 g/mol. The summed E-state index contributed by atoms with van der Waals surface area (Å²) in [7, 11) is 1.73. The van der Waals surface area contributed by atoms with Gasteiger partial charge in [0, 0.05) is 31.7 Å². The zero-order chi connectivity index (χ0) is 12.3. The molecule has 16 heavy (non-hydrogen) atoms. The molecule has 0 aromatic heterocycles. The molecule has 0 saturated heterocycles. The highest BCUT2D eigenvalue weighted by atomic mass is 16.5. The van der Waals surface area contributed by atoms with Crippen molar-refractivity contribution in [3.8, 4) is 0 Å². The summed E-state index contributed by atoms with van der Waals surface area (Å²) in [5.41, 5.74) is 0.0392. The zero-order valence-corrected chi connectivity index (χ0v) is 11.0. The molecular weight excluding hydrogens is 204 g/mol. The molecule has 1 saturated carbocycles. The number of carbonyl (C=O) groups excluding carboxylic acids is 1. The van der Waals surface area contributed by atoms with Gasteiger partial charge in [0.25, 0.3) is 0 Å². The summed E-state index contributed by atoms with van der Waals surface area (Å²) in [5, 5.41) is 3.08. The first kappa shape index (κ1) is 13.3. The third-order valence-corrected chi connectivity index (χ3v) is 3.81. The molecule has 4 nitrogen and oxygen atoms in total. The number of carbonyl (C=O) groups is 1. The molecule has 0 heterocycles. The lowest BCUT2D eigenvalue weighted by molar-refractivity contribution is -0.0943. The summed E-state index contributed by atoms with van der Waals surface area (Å²) in [6.07, 6.45) is 1.17. The van der Waals surface area contributed by atoms with E-state index in [9.17, 15) is 4.79 Å². The number of nitrogens with zero attached hydrogens (tertiary/aromatic N) is 1. The lowest BCUT2D eigenvalue weighted by Crippen LogP contribution is -2.63. The summed E-state index contributed by atoms with van der Waals surface area (Å²) in [6.45, 7) is 9.77. The van der Waals surface area contributed by atoms with Gasteiger partial charge in [-0.2, -0.15) is 0 Å². The predicted octanol–water partition coefficient (Wildman–Crippen LogP) is 1.85. The summed E-state index contributed by atoms with van der Waals surface area (Å²) >= 11 is 0. The van der Waals surface area contributed by atoms with E-state index in [0.717, 1.165) is 19.5 Å². The van der Waals surface area contributed by atoms with E-state index in [4.69, 9.17) is 4.74 Å². The van der Waals surface area contributed by atoms with Crippen molar-refractivity contribution in [3.63, 3.8) is 0 Å². The van der Waals surface area contributed by atoms with E-state index < -0.39 is 0 Å². The van der Waals surface area contributed by atoms with E-state index in [1.807, 2.05) is 13.8 Å². The molecule has 0 radical (unpaired) electrons. The lowest BCUT2D eigenvalue weighted by Gasteiger charge is -2.51.